The highest BCUT2D eigenvalue weighted by atomic mass is 14.6. The van der Waals surface area contributed by atoms with Crippen LogP contribution in [0, 0.1) is 50.7 Å². The monoisotopic (exact) mass is 533 g/mol. The zero-order chi connectivity index (χ0) is 28.7. The minimum atomic E-state index is 0.221. The maximum Gasteiger partial charge on any atom is 0.000935 e. The number of hydrogen-bond acceptors (Lipinski definition) is 0. The Hall–Kier alpha value is -1.04. The normalized spacial score (nSPS) is 26.3. The molecule has 0 unspecified atom stereocenters. The third kappa shape index (κ3) is 4.80. The van der Waals surface area contributed by atoms with E-state index >= 15 is 0 Å². The fourth-order valence-corrected chi connectivity index (χ4v) is 10.4. The molecule has 0 aliphatic heterocycles. The van der Waals surface area contributed by atoms with Crippen LogP contribution in [0.1, 0.15) is 146 Å². The zero-order valence-electron chi connectivity index (χ0n) is 27.8. The van der Waals surface area contributed by atoms with Gasteiger partial charge in [-0.2, -0.15) is 0 Å². The predicted octanol–water partition coefficient (Wildman–Crippen LogP) is 12.3. The number of rotatable bonds is 8. The van der Waals surface area contributed by atoms with Crippen LogP contribution < -0.4 is 0 Å². The number of allylic oxidation sites excluding steroid dienone is 8. The molecule has 0 nitrogen and oxygen atoms in total. The van der Waals surface area contributed by atoms with Gasteiger partial charge in [0.2, 0.25) is 0 Å². The standard InChI is InChI=1S/C39H64/c1-29(2)36(30(3)4)25-17-33(18-26-36)38(21-13-11-14-22-38)35(9,10)39(23-15-12-16-24-39)34-19-27-37(28-20-34,31(5)6)32(7)8/h17-20,25,27,29-32H,11-16,21-24,26,28H2,1-10H3. The lowest BCUT2D eigenvalue weighted by Gasteiger charge is -2.62. The Balaban J connectivity index is 1.79. The van der Waals surface area contributed by atoms with Crippen LogP contribution >= 0.6 is 0 Å². The van der Waals surface area contributed by atoms with Crippen LogP contribution in [0.15, 0.2) is 47.6 Å². The van der Waals surface area contributed by atoms with E-state index in [2.05, 4.69) is 106 Å². The average Bonchev–Trinajstić information content (AvgIpc) is 2.93. The van der Waals surface area contributed by atoms with Crippen molar-refractivity contribution in [2.24, 2.45) is 50.7 Å². The summed E-state index contributed by atoms with van der Waals surface area (Å²) in [5, 5.41) is 0. The molecule has 0 N–H and O–H groups in total. The lowest BCUT2D eigenvalue weighted by Crippen LogP contribution is -2.54. The van der Waals surface area contributed by atoms with Crippen LogP contribution in [0.3, 0.4) is 0 Å². The highest BCUT2D eigenvalue weighted by molar-refractivity contribution is 5.42. The second-order valence-electron chi connectivity index (χ2n) is 16.1. The van der Waals surface area contributed by atoms with Gasteiger partial charge in [-0.05, 0) is 89.6 Å². The lowest BCUT2D eigenvalue weighted by atomic mass is 9.41. The Kier molecular flexibility index (Phi) is 8.98. The zero-order valence-corrected chi connectivity index (χ0v) is 27.8. The first kappa shape index (κ1) is 30.9. The minimum Gasteiger partial charge on any atom is -0.0799 e. The van der Waals surface area contributed by atoms with Crippen LogP contribution in [0.25, 0.3) is 0 Å². The minimum absolute atomic E-state index is 0.221. The fourth-order valence-electron chi connectivity index (χ4n) is 10.4. The Bertz CT molecular complexity index is 866. The molecule has 0 atom stereocenters. The van der Waals surface area contributed by atoms with Gasteiger partial charge in [0.25, 0.3) is 0 Å². The molecule has 4 aliphatic carbocycles. The first-order valence-electron chi connectivity index (χ1n) is 17.1. The van der Waals surface area contributed by atoms with E-state index in [0.29, 0.717) is 34.5 Å². The van der Waals surface area contributed by atoms with Gasteiger partial charge in [0.15, 0.2) is 0 Å². The molecular weight excluding hydrogens is 468 g/mol. The molecule has 0 amide bonds. The van der Waals surface area contributed by atoms with Crippen LogP contribution in [0.5, 0.6) is 0 Å². The molecule has 0 aromatic heterocycles. The van der Waals surface area contributed by atoms with E-state index in [0.717, 1.165) is 0 Å². The van der Waals surface area contributed by atoms with Crippen molar-refractivity contribution in [3.05, 3.63) is 47.6 Å². The second-order valence-corrected chi connectivity index (χ2v) is 16.1. The summed E-state index contributed by atoms with van der Waals surface area (Å²) in [6.07, 6.45) is 32.5. The smallest absolute Gasteiger partial charge is 0.000935 e. The topological polar surface area (TPSA) is 0 Å². The van der Waals surface area contributed by atoms with Crippen molar-refractivity contribution in [1.29, 1.82) is 0 Å². The van der Waals surface area contributed by atoms with Gasteiger partial charge in [-0.1, -0.05) is 144 Å². The van der Waals surface area contributed by atoms with Gasteiger partial charge in [0.1, 0.15) is 0 Å². The fraction of sp³-hybridized carbons (Fsp3) is 0.795. The molecule has 0 aromatic rings. The van der Waals surface area contributed by atoms with Crippen LogP contribution in [0.2, 0.25) is 0 Å². The lowest BCUT2D eigenvalue weighted by molar-refractivity contribution is -0.0575. The molecule has 220 valence electrons. The van der Waals surface area contributed by atoms with Crippen LogP contribution in [0.4, 0.5) is 0 Å². The number of hydrogen-bond donors (Lipinski definition) is 0. The van der Waals surface area contributed by atoms with Gasteiger partial charge in [-0.25, -0.2) is 0 Å². The third-order valence-electron chi connectivity index (χ3n) is 13.7. The van der Waals surface area contributed by atoms with Crippen molar-refractivity contribution in [2.75, 3.05) is 0 Å². The molecule has 39 heavy (non-hydrogen) atoms. The summed E-state index contributed by atoms with van der Waals surface area (Å²) in [7, 11) is 0. The third-order valence-corrected chi connectivity index (χ3v) is 13.7. The van der Waals surface area contributed by atoms with E-state index < -0.39 is 0 Å². The summed E-state index contributed by atoms with van der Waals surface area (Å²) in [6.45, 7) is 25.0. The van der Waals surface area contributed by atoms with Gasteiger partial charge >= 0.3 is 0 Å². The van der Waals surface area contributed by atoms with Crippen LogP contribution in [-0.2, 0) is 0 Å². The highest BCUT2D eigenvalue weighted by Gasteiger charge is 2.59. The van der Waals surface area contributed by atoms with Crippen LogP contribution in [-0.4, -0.2) is 0 Å². The molecule has 0 saturated heterocycles. The van der Waals surface area contributed by atoms with Crippen molar-refractivity contribution in [2.45, 2.75) is 146 Å². The molecule has 0 spiro atoms. The molecule has 2 saturated carbocycles. The van der Waals surface area contributed by atoms with Gasteiger partial charge in [0.05, 0.1) is 0 Å². The maximum absolute atomic E-state index is 2.75. The van der Waals surface area contributed by atoms with Gasteiger partial charge in [-0.3, -0.25) is 0 Å². The summed E-state index contributed by atoms with van der Waals surface area (Å²) in [5.74, 6) is 2.69. The summed E-state index contributed by atoms with van der Waals surface area (Å²) in [5.41, 5.74) is 4.78. The Labute approximate surface area is 244 Å². The van der Waals surface area contributed by atoms with Crippen molar-refractivity contribution < 1.29 is 0 Å². The Morgan fingerprint density at radius 1 is 0.513 bits per heavy atom. The quantitative estimate of drug-likeness (QED) is 0.291. The molecule has 0 heterocycles. The van der Waals surface area contributed by atoms with Crippen molar-refractivity contribution >= 4 is 0 Å². The summed E-state index contributed by atoms with van der Waals surface area (Å²) in [4.78, 5) is 0. The van der Waals surface area contributed by atoms with E-state index in [9.17, 15) is 0 Å². The molecule has 0 aromatic carbocycles. The molecule has 0 radical (unpaired) electrons. The van der Waals surface area contributed by atoms with E-state index in [1.807, 2.05) is 0 Å². The first-order chi connectivity index (χ1) is 18.3. The first-order valence-corrected chi connectivity index (χ1v) is 17.1. The van der Waals surface area contributed by atoms with Gasteiger partial charge in [-0.15, -0.1) is 0 Å². The van der Waals surface area contributed by atoms with Gasteiger partial charge in [0, 0.05) is 10.8 Å². The highest BCUT2D eigenvalue weighted by Crippen LogP contribution is 2.69. The Morgan fingerprint density at radius 3 is 1.05 bits per heavy atom. The molecule has 0 bridgehead atoms. The largest absolute Gasteiger partial charge is 0.0799 e. The van der Waals surface area contributed by atoms with Crippen molar-refractivity contribution in [1.82, 2.24) is 0 Å². The molecule has 4 rings (SSSR count). The molecular formula is C39H64. The maximum atomic E-state index is 2.75. The summed E-state index contributed by atoms with van der Waals surface area (Å²) >= 11 is 0. The van der Waals surface area contributed by atoms with Gasteiger partial charge < -0.3 is 0 Å². The van der Waals surface area contributed by atoms with E-state index in [-0.39, 0.29) is 16.2 Å². The summed E-state index contributed by atoms with van der Waals surface area (Å²) in [6, 6.07) is 0. The van der Waals surface area contributed by atoms with Crippen molar-refractivity contribution in [3.63, 3.8) is 0 Å². The molecule has 4 aliphatic rings. The van der Waals surface area contributed by atoms with E-state index in [1.54, 1.807) is 11.1 Å². The SMILES string of the molecule is CC(C)C1(C(C)C)C=CC(C2(C(C)(C)C3(C4=CCC(C(C)C)(C(C)C)C=C4)CCCCC3)CCCCC2)=CC1. The summed E-state index contributed by atoms with van der Waals surface area (Å²) < 4.78 is 0. The van der Waals surface area contributed by atoms with E-state index in [1.165, 1.54) is 77.0 Å². The molecule has 2 fully saturated rings. The molecule has 0 heteroatoms. The van der Waals surface area contributed by atoms with Crippen molar-refractivity contribution in [3.8, 4) is 0 Å². The predicted molar refractivity (Wildman–Crippen MR) is 173 cm³/mol. The second kappa shape index (κ2) is 11.3. The Morgan fingerprint density at radius 2 is 0.821 bits per heavy atom. The average molecular weight is 533 g/mol. The van der Waals surface area contributed by atoms with E-state index in [4.69, 9.17) is 0 Å².